The number of aliphatic hydroxyl groups is 1. The van der Waals surface area contributed by atoms with Crippen molar-refractivity contribution in [2.24, 2.45) is 11.7 Å². The van der Waals surface area contributed by atoms with Crippen LogP contribution in [0.15, 0.2) is 78.9 Å². The monoisotopic (exact) mass is 494 g/mol. The number of pyridine rings is 1. The van der Waals surface area contributed by atoms with Gasteiger partial charge >= 0.3 is 0 Å². The molecule has 6 nitrogen and oxygen atoms in total. The van der Waals surface area contributed by atoms with E-state index in [1.807, 2.05) is 73.7 Å². The third-order valence-corrected chi connectivity index (χ3v) is 6.71. The Morgan fingerprint density at radius 1 is 1.05 bits per heavy atom. The van der Waals surface area contributed by atoms with Crippen LogP contribution in [0.1, 0.15) is 22.3 Å². The van der Waals surface area contributed by atoms with Crippen LogP contribution in [0.2, 0.25) is 0 Å². The summed E-state index contributed by atoms with van der Waals surface area (Å²) in [5.74, 6) is 1.48. The molecule has 188 valence electrons. The standard InChI is InChI=1S/C31H30N2O4/c1-19-5-14-27-25(16-19)29(28(35)4-3-15-34)31(36-2)30(33-27)22-8-6-20(7-9-22)21-10-12-24(13-11-21)37-18-23-17-26(23)32/h3-14,16,23,26,34H,15,17-18,32H2,1-2H3/b4-3+. The van der Waals surface area contributed by atoms with Gasteiger partial charge in [0.25, 0.3) is 0 Å². The Morgan fingerprint density at radius 3 is 2.32 bits per heavy atom. The van der Waals surface area contributed by atoms with Gasteiger partial charge in [-0.05, 0) is 54.8 Å². The number of rotatable bonds is 9. The molecule has 6 heteroatoms. The third-order valence-electron chi connectivity index (χ3n) is 6.71. The van der Waals surface area contributed by atoms with Gasteiger partial charge in [-0.15, -0.1) is 0 Å². The van der Waals surface area contributed by atoms with Crippen molar-refractivity contribution in [2.75, 3.05) is 20.3 Å². The molecule has 1 aliphatic carbocycles. The first kappa shape index (κ1) is 24.7. The zero-order valence-corrected chi connectivity index (χ0v) is 21.0. The van der Waals surface area contributed by atoms with E-state index in [9.17, 15) is 9.90 Å². The minimum atomic E-state index is -0.243. The summed E-state index contributed by atoms with van der Waals surface area (Å²) in [5, 5.41) is 9.90. The fourth-order valence-corrected chi connectivity index (χ4v) is 4.47. The van der Waals surface area contributed by atoms with E-state index in [2.05, 4.69) is 0 Å². The Morgan fingerprint density at radius 2 is 1.70 bits per heavy atom. The number of methoxy groups -OCH3 is 1. The van der Waals surface area contributed by atoms with Crippen LogP contribution in [0.4, 0.5) is 0 Å². The molecule has 3 aromatic carbocycles. The first-order chi connectivity index (χ1) is 18.0. The fraction of sp³-hybridized carbons (Fsp3) is 0.226. The second-order valence-corrected chi connectivity index (χ2v) is 9.41. The molecule has 5 rings (SSSR count). The van der Waals surface area contributed by atoms with E-state index in [0.29, 0.717) is 35.0 Å². The summed E-state index contributed by atoms with van der Waals surface area (Å²) in [5.41, 5.74) is 11.6. The second kappa shape index (κ2) is 10.5. The number of nitrogens with zero attached hydrogens (tertiary/aromatic N) is 1. The second-order valence-electron chi connectivity index (χ2n) is 9.41. The van der Waals surface area contributed by atoms with E-state index in [1.165, 1.54) is 12.2 Å². The molecule has 2 atom stereocenters. The number of carbonyl (C=O) groups excluding carboxylic acids is 1. The van der Waals surface area contributed by atoms with Crippen LogP contribution in [-0.2, 0) is 0 Å². The van der Waals surface area contributed by atoms with Crippen molar-refractivity contribution in [3.05, 3.63) is 90.0 Å². The van der Waals surface area contributed by atoms with E-state index >= 15 is 0 Å². The molecule has 0 radical (unpaired) electrons. The van der Waals surface area contributed by atoms with Gasteiger partial charge in [0, 0.05) is 22.9 Å². The van der Waals surface area contributed by atoms with Gasteiger partial charge in [-0.25, -0.2) is 4.98 Å². The number of ketones is 1. The van der Waals surface area contributed by atoms with Crippen molar-refractivity contribution >= 4 is 16.7 Å². The number of hydrogen-bond donors (Lipinski definition) is 2. The van der Waals surface area contributed by atoms with Crippen LogP contribution < -0.4 is 15.2 Å². The number of ether oxygens (including phenoxy) is 2. The highest BCUT2D eigenvalue weighted by molar-refractivity contribution is 6.16. The Kier molecular flexibility index (Phi) is 7.04. The lowest BCUT2D eigenvalue weighted by molar-refractivity contribution is 0.104. The zero-order valence-electron chi connectivity index (χ0n) is 21.0. The number of aryl methyl sites for hydroxylation is 1. The summed E-state index contributed by atoms with van der Waals surface area (Å²) in [6, 6.07) is 22.2. The molecule has 4 aromatic rings. The lowest BCUT2D eigenvalue weighted by Gasteiger charge is -2.15. The molecular formula is C31H30N2O4. The fourth-order valence-electron chi connectivity index (χ4n) is 4.47. The number of fused-ring (bicyclic) bond motifs is 1. The highest BCUT2D eigenvalue weighted by Gasteiger charge is 2.33. The van der Waals surface area contributed by atoms with Crippen LogP contribution in [-0.4, -0.2) is 42.2 Å². The van der Waals surface area contributed by atoms with E-state index in [-0.39, 0.29) is 18.4 Å². The van der Waals surface area contributed by atoms with Gasteiger partial charge in [-0.1, -0.05) is 54.1 Å². The Labute approximate surface area is 216 Å². The lowest BCUT2D eigenvalue weighted by Crippen LogP contribution is -2.08. The maximum absolute atomic E-state index is 13.1. The molecule has 0 spiro atoms. The number of benzene rings is 3. The molecule has 3 N–H and O–H groups in total. The Hall–Kier alpha value is -4.00. The predicted molar refractivity (Wildman–Crippen MR) is 146 cm³/mol. The average molecular weight is 495 g/mol. The Balaban J connectivity index is 1.48. The summed E-state index contributed by atoms with van der Waals surface area (Å²) in [4.78, 5) is 18.0. The molecule has 1 aromatic heterocycles. The highest BCUT2D eigenvalue weighted by Crippen LogP contribution is 2.38. The van der Waals surface area contributed by atoms with Gasteiger partial charge in [0.15, 0.2) is 11.5 Å². The van der Waals surface area contributed by atoms with E-state index in [0.717, 1.165) is 39.8 Å². The molecule has 1 aliphatic rings. The molecule has 0 saturated heterocycles. The summed E-state index contributed by atoms with van der Waals surface area (Å²) in [6.45, 7) is 2.42. The molecule has 1 fully saturated rings. The molecule has 1 heterocycles. The van der Waals surface area contributed by atoms with Crippen molar-refractivity contribution in [3.8, 4) is 33.9 Å². The largest absolute Gasteiger partial charge is 0.494 e. The molecule has 0 amide bonds. The first-order valence-corrected chi connectivity index (χ1v) is 12.4. The minimum Gasteiger partial charge on any atom is -0.494 e. The summed E-state index contributed by atoms with van der Waals surface area (Å²) in [6.07, 6.45) is 3.84. The van der Waals surface area contributed by atoms with E-state index < -0.39 is 0 Å². The maximum atomic E-state index is 13.1. The third kappa shape index (κ3) is 5.26. The van der Waals surface area contributed by atoms with Crippen molar-refractivity contribution in [2.45, 2.75) is 19.4 Å². The number of aliphatic hydroxyl groups excluding tert-OH is 1. The maximum Gasteiger partial charge on any atom is 0.190 e. The number of allylic oxidation sites excluding steroid dienone is 1. The topological polar surface area (TPSA) is 94.7 Å². The minimum absolute atomic E-state index is 0.216. The molecule has 0 aliphatic heterocycles. The molecule has 2 unspecified atom stereocenters. The molecule has 1 saturated carbocycles. The first-order valence-electron chi connectivity index (χ1n) is 12.4. The van der Waals surface area contributed by atoms with Crippen LogP contribution in [0, 0.1) is 12.8 Å². The summed E-state index contributed by atoms with van der Waals surface area (Å²) in [7, 11) is 1.55. The van der Waals surface area contributed by atoms with Crippen LogP contribution in [0.3, 0.4) is 0 Å². The van der Waals surface area contributed by atoms with E-state index in [4.69, 9.17) is 20.2 Å². The van der Waals surface area contributed by atoms with Crippen LogP contribution >= 0.6 is 0 Å². The normalized spacial score (nSPS) is 16.8. The SMILES string of the molecule is COc1c(-c2ccc(-c3ccc(OCC4CC4N)cc3)cc2)nc2ccc(C)cc2c1C(=O)/C=C/CO. The van der Waals surface area contributed by atoms with Gasteiger partial charge < -0.3 is 20.3 Å². The van der Waals surface area contributed by atoms with Gasteiger partial charge in [0.2, 0.25) is 0 Å². The van der Waals surface area contributed by atoms with Gasteiger partial charge in [-0.2, -0.15) is 0 Å². The molecule has 37 heavy (non-hydrogen) atoms. The number of nitrogens with two attached hydrogens (primary N) is 1. The number of aromatic nitrogens is 1. The van der Waals surface area contributed by atoms with Gasteiger partial charge in [0.1, 0.15) is 11.4 Å². The van der Waals surface area contributed by atoms with Crippen molar-refractivity contribution < 1.29 is 19.4 Å². The van der Waals surface area contributed by atoms with E-state index in [1.54, 1.807) is 7.11 Å². The molecule has 0 bridgehead atoms. The number of hydrogen-bond acceptors (Lipinski definition) is 6. The van der Waals surface area contributed by atoms with Crippen molar-refractivity contribution in [3.63, 3.8) is 0 Å². The molecular weight excluding hydrogens is 464 g/mol. The average Bonchev–Trinajstić information content (AvgIpc) is 3.64. The number of carbonyl (C=O) groups is 1. The summed E-state index contributed by atoms with van der Waals surface area (Å²) < 4.78 is 11.6. The van der Waals surface area contributed by atoms with Crippen LogP contribution in [0.5, 0.6) is 11.5 Å². The lowest BCUT2D eigenvalue weighted by atomic mass is 9.97. The highest BCUT2D eigenvalue weighted by atomic mass is 16.5. The zero-order chi connectivity index (χ0) is 25.9. The quantitative estimate of drug-likeness (QED) is 0.241. The predicted octanol–water partition coefficient (Wildman–Crippen LogP) is 5.34. The van der Waals surface area contributed by atoms with Crippen molar-refractivity contribution in [1.29, 1.82) is 0 Å². The smallest absolute Gasteiger partial charge is 0.190 e. The van der Waals surface area contributed by atoms with Gasteiger partial charge in [-0.3, -0.25) is 4.79 Å². The van der Waals surface area contributed by atoms with Gasteiger partial charge in [0.05, 0.1) is 31.4 Å². The summed E-state index contributed by atoms with van der Waals surface area (Å²) >= 11 is 0. The van der Waals surface area contributed by atoms with Crippen molar-refractivity contribution in [1.82, 2.24) is 4.98 Å². The Bertz CT molecular complexity index is 1460. The van der Waals surface area contributed by atoms with Crippen LogP contribution in [0.25, 0.3) is 33.3 Å².